The van der Waals surface area contributed by atoms with Crippen LogP contribution in [0.1, 0.15) is 30.9 Å². The number of amides is 1. The molecule has 1 saturated carbocycles. The number of carbonyl (C=O) groups excluding carboxylic acids is 2. The van der Waals surface area contributed by atoms with Crippen molar-refractivity contribution in [2.45, 2.75) is 36.8 Å². The number of Topliss-reactive ketones (excluding diaryl/α,β-unsaturated/α-hetero) is 1. The Hall–Kier alpha value is -1.60. The Labute approximate surface area is 192 Å². The van der Waals surface area contributed by atoms with Gasteiger partial charge in [-0.15, -0.1) is 11.6 Å². The van der Waals surface area contributed by atoms with Crippen LogP contribution in [0.5, 0.6) is 0 Å². The number of hydrogen-bond donors (Lipinski definition) is 0. The number of halogens is 2. The summed E-state index contributed by atoms with van der Waals surface area (Å²) in [7, 11) is 0. The lowest BCUT2D eigenvalue weighted by Gasteiger charge is -2.37. The van der Waals surface area contributed by atoms with Crippen LogP contribution in [0, 0.1) is 5.92 Å². The van der Waals surface area contributed by atoms with Crippen molar-refractivity contribution < 1.29 is 19.1 Å². The van der Waals surface area contributed by atoms with Crippen LogP contribution in [-0.2, 0) is 19.1 Å². The zero-order valence-corrected chi connectivity index (χ0v) is 18.8. The van der Waals surface area contributed by atoms with E-state index in [0.717, 1.165) is 31.6 Å². The van der Waals surface area contributed by atoms with E-state index in [-0.39, 0.29) is 34.8 Å². The van der Waals surface area contributed by atoms with E-state index in [1.165, 1.54) is 0 Å². The average molecular weight is 465 g/mol. The van der Waals surface area contributed by atoms with Gasteiger partial charge in [0, 0.05) is 36.6 Å². The third kappa shape index (κ3) is 3.99. The lowest BCUT2D eigenvalue weighted by atomic mass is 9.77. The number of carbonyl (C=O) groups is 2. The normalized spacial score (nSPS) is 31.5. The van der Waals surface area contributed by atoms with Gasteiger partial charge in [0.05, 0.1) is 30.7 Å². The van der Waals surface area contributed by atoms with E-state index in [4.69, 9.17) is 32.7 Å². The molecule has 4 aliphatic rings. The zero-order valence-electron chi connectivity index (χ0n) is 17.3. The number of ketones is 1. The van der Waals surface area contributed by atoms with Crippen LogP contribution in [0.2, 0.25) is 5.02 Å². The molecule has 4 atom stereocenters. The summed E-state index contributed by atoms with van der Waals surface area (Å²) in [6, 6.07) is 6.93. The van der Waals surface area contributed by atoms with Gasteiger partial charge in [0.15, 0.2) is 11.5 Å². The van der Waals surface area contributed by atoms with Crippen LogP contribution in [0.3, 0.4) is 0 Å². The second-order valence-electron chi connectivity index (χ2n) is 8.69. The van der Waals surface area contributed by atoms with Crippen LogP contribution >= 0.6 is 23.2 Å². The molecule has 0 aromatic heterocycles. The summed E-state index contributed by atoms with van der Waals surface area (Å²) in [4.78, 5) is 31.1. The van der Waals surface area contributed by atoms with E-state index < -0.39 is 6.04 Å². The predicted octanol–water partition coefficient (Wildman–Crippen LogP) is 3.19. The molecular weight excluding hydrogens is 439 g/mol. The third-order valence-corrected chi connectivity index (χ3v) is 7.47. The summed E-state index contributed by atoms with van der Waals surface area (Å²) in [5.41, 5.74) is 1.36. The maximum atomic E-state index is 13.6. The molecule has 31 heavy (non-hydrogen) atoms. The Bertz CT molecular complexity index is 897. The number of rotatable bonds is 4. The number of fused-ring (bicyclic) bond motifs is 1. The van der Waals surface area contributed by atoms with E-state index in [2.05, 4.69) is 4.90 Å². The molecule has 1 saturated heterocycles. The third-order valence-electron chi connectivity index (χ3n) is 6.83. The van der Waals surface area contributed by atoms with Gasteiger partial charge in [-0.3, -0.25) is 14.5 Å². The van der Waals surface area contributed by atoms with Crippen molar-refractivity contribution in [3.05, 3.63) is 46.2 Å². The summed E-state index contributed by atoms with van der Waals surface area (Å²) in [6.45, 7) is 4.34. The molecule has 1 aliphatic carbocycles. The first-order chi connectivity index (χ1) is 15.0. The maximum Gasteiger partial charge on any atom is 0.290 e. The maximum absolute atomic E-state index is 13.6. The molecule has 3 heterocycles. The average Bonchev–Trinajstić information content (AvgIpc) is 3.06. The predicted molar refractivity (Wildman–Crippen MR) is 117 cm³/mol. The minimum absolute atomic E-state index is 0.0128. The number of ether oxygens (including phenoxy) is 2. The molecular formula is C23H26Cl2N2O4. The van der Waals surface area contributed by atoms with Crippen LogP contribution in [0.25, 0.3) is 0 Å². The van der Waals surface area contributed by atoms with Crippen LogP contribution < -0.4 is 0 Å². The molecule has 1 amide bonds. The smallest absolute Gasteiger partial charge is 0.290 e. The lowest BCUT2D eigenvalue weighted by molar-refractivity contribution is -0.135. The number of nitrogens with zero attached hydrogens (tertiary/aromatic N) is 2. The molecule has 0 spiro atoms. The van der Waals surface area contributed by atoms with Gasteiger partial charge in [-0.1, -0.05) is 23.7 Å². The van der Waals surface area contributed by atoms with Crippen molar-refractivity contribution in [2.75, 3.05) is 39.4 Å². The van der Waals surface area contributed by atoms with Crippen molar-refractivity contribution in [3.63, 3.8) is 0 Å². The molecule has 4 unspecified atom stereocenters. The molecule has 6 nitrogen and oxygen atoms in total. The van der Waals surface area contributed by atoms with E-state index in [1.807, 2.05) is 12.1 Å². The second kappa shape index (κ2) is 8.74. The van der Waals surface area contributed by atoms with Crippen molar-refractivity contribution in [1.82, 2.24) is 9.80 Å². The van der Waals surface area contributed by atoms with E-state index >= 15 is 0 Å². The van der Waals surface area contributed by atoms with Gasteiger partial charge in [0.2, 0.25) is 0 Å². The Morgan fingerprint density at radius 2 is 1.77 bits per heavy atom. The molecule has 0 bridgehead atoms. The fraction of sp³-hybridized carbons (Fsp3) is 0.565. The van der Waals surface area contributed by atoms with E-state index in [0.29, 0.717) is 43.2 Å². The first-order valence-corrected chi connectivity index (χ1v) is 11.8. The summed E-state index contributed by atoms with van der Waals surface area (Å²) >= 11 is 12.5. The zero-order chi connectivity index (χ0) is 21.5. The molecule has 1 aromatic carbocycles. The second-order valence-corrected chi connectivity index (χ2v) is 9.74. The summed E-state index contributed by atoms with van der Waals surface area (Å²) in [5, 5.41) is 0.588. The van der Waals surface area contributed by atoms with Crippen LogP contribution in [0.15, 0.2) is 35.6 Å². The van der Waals surface area contributed by atoms with Crippen molar-refractivity contribution >= 4 is 34.9 Å². The minimum atomic E-state index is -0.454. The van der Waals surface area contributed by atoms with Gasteiger partial charge >= 0.3 is 0 Å². The number of alkyl halides is 1. The fourth-order valence-corrected chi connectivity index (χ4v) is 5.60. The Kier molecular flexibility index (Phi) is 5.99. The van der Waals surface area contributed by atoms with Gasteiger partial charge < -0.3 is 14.4 Å². The summed E-state index contributed by atoms with van der Waals surface area (Å²) < 4.78 is 11.6. The highest BCUT2D eigenvalue weighted by Crippen LogP contribution is 2.47. The Morgan fingerprint density at radius 3 is 2.52 bits per heavy atom. The molecule has 2 fully saturated rings. The Morgan fingerprint density at radius 1 is 1.03 bits per heavy atom. The molecule has 1 aromatic rings. The van der Waals surface area contributed by atoms with Gasteiger partial charge in [-0.05, 0) is 37.0 Å². The molecule has 5 rings (SSSR count). The van der Waals surface area contributed by atoms with E-state index in [1.54, 1.807) is 17.0 Å². The van der Waals surface area contributed by atoms with Gasteiger partial charge in [0.1, 0.15) is 6.10 Å². The SMILES string of the molecule is O=C1C2=C(OC3CCC(Cl)CC13)C(=O)N(CCN1CCOCC1)C2c1ccc(Cl)cc1. The van der Waals surface area contributed by atoms with E-state index in [9.17, 15) is 9.59 Å². The first kappa shape index (κ1) is 21.3. The highest BCUT2D eigenvalue weighted by Gasteiger charge is 2.52. The summed E-state index contributed by atoms with van der Waals surface area (Å²) in [6.07, 6.45) is 1.84. The van der Waals surface area contributed by atoms with Gasteiger partial charge in [-0.2, -0.15) is 0 Å². The van der Waals surface area contributed by atoms with Crippen LogP contribution in [0.4, 0.5) is 0 Å². The highest BCUT2D eigenvalue weighted by molar-refractivity contribution is 6.30. The largest absolute Gasteiger partial charge is 0.483 e. The molecule has 8 heteroatoms. The Balaban J connectivity index is 1.47. The van der Waals surface area contributed by atoms with Crippen LogP contribution in [-0.4, -0.2) is 72.4 Å². The topological polar surface area (TPSA) is 59.1 Å². The number of hydrogen-bond acceptors (Lipinski definition) is 5. The van der Waals surface area contributed by atoms with Gasteiger partial charge in [0.25, 0.3) is 5.91 Å². The molecule has 3 aliphatic heterocycles. The molecule has 0 N–H and O–H groups in total. The highest BCUT2D eigenvalue weighted by atomic mass is 35.5. The standard InChI is InChI=1S/C23H26Cl2N2O4/c24-15-3-1-14(2-4-15)20-19-21(28)17-13-16(25)5-6-18(17)31-22(19)23(29)27(20)8-7-26-9-11-30-12-10-26/h1-4,16-18,20H,5-13H2. The molecule has 0 radical (unpaired) electrons. The van der Waals surface area contributed by atoms with Crippen molar-refractivity contribution in [2.24, 2.45) is 5.92 Å². The number of benzene rings is 1. The minimum Gasteiger partial charge on any atom is -0.483 e. The van der Waals surface area contributed by atoms with Crippen molar-refractivity contribution in [3.8, 4) is 0 Å². The first-order valence-electron chi connectivity index (χ1n) is 11.0. The monoisotopic (exact) mass is 464 g/mol. The summed E-state index contributed by atoms with van der Waals surface area (Å²) in [5.74, 6) is -0.222. The quantitative estimate of drug-likeness (QED) is 0.640. The van der Waals surface area contributed by atoms with Gasteiger partial charge in [-0.25, -0.2) is 0 Å². The fourth-order valence-electron chi connectivity index (χ4n) is 5.16. The number of morpholine rings is 1. The lowest BCUT2D eigenvalue weighted by Crippen LogP contribution is -2.43. The van der Waals surface area contributed by atoms with Crippen molar-refractivity contribution in [1.29, 1.82) is 0 Å². The molecule has 166 valence electrons.